The summed E-state index contributed by atoms with van der Waals surface area (Å²) in [6.07, 6.45) is 11.8. The van der Waals surface area contributed by atoms with Gasteiger partial charge in [-0.15, -0.1) is 0 Å². The highest BCUT2D eigenvalue weighted by Crippen LogP contribution is 2.36. The van der Waals surface area contributed by atoms with Crippen LogP contribution in [0.1, 0.15) is 5.56 Å². The molecule has 9 heteroatoms. The largest absolute Gasteiger partial charge is 0.453 e. The van der Waals surface area contributed by atoms with Crippen molar-refractivity contribution >= 4 is 23.5 Å². The molecule has 0 spiro atoms. The molecule has 0 saturated heterocycles. The summed E-state index contributed by atoms with van der Waals surface area (Å²) in [5, 5.41) is 3.12. The number of methoxy groups -OCH3 is 1. The fraction of sp³-hybridized carbons (Fsp3) is 0.100. The minimum absolute atomic E-state index is 0.384. The van der Waals surface area contributed by atoms with Crippen LogP contribution in [0, 0.1) is 6.92 Å². The van der Waals surface area contributed by atoms with Gasteiger partial charge in [0, 0.05) is 66.1 Å². The molecule has 0 fully saturated rings. The number of carbonyl (C=O) groups is 1. The van der Waals surface area contributed by atoms with Crippen molar-refractivity contribution in [3.05, 3.63) is 66.1 Å². The van der Waals surface area contributed by atoms with E-state index in [1.165, 1.54) is 7.11 Å². The number of carbonyl (C=O) groups excluding carboxylic acids is 1. The molecule has 0 aromatic carbocycles. The van der Waals surface area contributed by atoms with E-state index in [9.17, 15) is 4.79 Å². The Labute approximate surface area is 171 Å². The number of halogens is 1. The maximum absolute atomic E-state index is 11.5. The van der Waals surface area contributed by atoms with Crippen molar-refractivity contribution in [1.82, 2.24) is 24.5 Å². The maximum atomic E-state index is 11.5. The molecule has 146 valence electrons. The molecule has 1 amide bonds. The van der Waals surface area contributed by atoms with Gasteiger partial charge in [-0.3, -0.25) is 10.3 Å². The predicted octanol–water partition coefficient (Wildman–Crippen LogP) is 4.46. The normalized spacial score (nSPS) is 10.7. The van der Waals surface area contributed by atoms with Crippen molar-refractivity contribution in [2.24, 2.45) is 0 Å². The summed E-state index contributed by atoms with van der Waals surface area (Å²) in [5.41, 5.74) is 4.38. The van der Waals surface area contributed by atoms with Gasteiger partial charge in [-0.25, -0.2) is 14.8 Å². The third kappa shape index (κ3) is 3.70. The zero-order valence-electron chi connectivity index (χ0n) is 15.7. The third-order valence-electron chi connectivity index (χ3n) is 4.41. The van der Waals surface area contributed by atoms with Crippen LogP contribution < -0.4 is 5.32 Å². The minimum Gasteiger partial charge on any atom is -0.453 e. The molecule has 0 aliphatic carbocycles. The van der Waals surface area contributed by atoms with Crippen LogP contribution in [0.4, 0.5) is 10.6 Å². The highest BCUT2D eigenvalue weighted by atomic mass is 35.5. The Bertz CT molecular complexity index is 1170. The predicted molar refractivity (Wildman–Crippen MR) is 110 cm³/mol. The van der Waals surface area contributed by atoms with E-state index in [2.05, 4.69) is 30.0 Å². The second kappa shape index (κ2) is 7.76. The van der Waals surface area contributed by atoms with Gasteiger partial charge in [-0.1, -0.05) is 11.6 Å². The number of nitrogens with one attached hydrogen (secondary N) is 2. The molecule has 0 aliphatic rings. The first-order chi connectivity index (χ1) is 14.1. The summed E-state index contributed by atoms with van der Waals surface area (Å²) < 4.78 is 6.59. The Balaban J connectivity index is 1.86. The fourth-order valence-corrected chi connectivity index (χ4v) is 3.24. The van der Waals surface area contributed by atoms with E-state index in [0.29, 0.717) is 16.7 Å². The Morgan fingerprint density at radius 3 is 2.72 bits per heavy atom. The van der Waals surface area contributed by atoms with E-state index in [4.69, 9.17) is 11.6 Å². The molecule has 2 N–H and O–H groups in total. The van der Waals surface area contributed by atoms with Crippen molar-refractivity contribution in [3.8, 4) is 28.2 Å². The van der Waals surface area contributed by atoms with Gasteiger partial charge in [0.05, 0.1) is 17.8 Å². The Morgan fingerprint density at radius 2 is 2.00 bits per heavy atom. The summed E-state index contributed by atoms with van der Waals surface area (Å²) in [5.74, 6) is 1.10. The van der Waals surface area contributed by atoms with Gasteiger partial charge in [0.15, 0.2) is 0 Å². The summed E-state index contributed by atoms with van der Waals surface area (Å²) in [6.45, 7) is 1.94. The monoisotopic (exact) mass is 408 g/mol. The minimum atomic E-state index is -0.583. The average molecular weight is 409 g/mol. The highest BCUT2D eigenvalue weighted by Gasteiger charge is 2.17. The van der Waals surface area contributed by atoms with Crippen LogP contribution in [0.5, 0.6) is 0 Å². The van der Waals surface area contributed by atoms with E-state index in [0.717, 1.165) is 27.9 Å². The van der Waals surface area contributed by atoms with Crippen molar-refractivity contribution in [3.63, 3.8) is 0 Å². The number of hydrogen-bond donors (Lipinski definition) is 2. The number of ether oxygens (including phenoxy) is 1. The number of imidazole rings is 1. The molecule has 0 unspecified atom stereocenters. The van der Waals surface area contributed by atoms with Crippen molar-refractivity contribution in [2.45, 2.75) is 6.92 Å². The number of nitrogens with zero attached hydrogens (tertiary/aromatic N) is 4. The van der Waals surface area contributed by atoms with Gasteiger partial charge in [0.25, 0.3) is 0 Å². The molecule has 8 nitrogen and oxygen atoms in total. The number of anilines is 1. The van der Waals surface area contributed by atoms with Crippen LogP contribution in [0.15, 0.2) is 55.5 Å². The molecule has 4 rings (SSSR count). The lowest BCUT2D eigenvalue weighted by Gasteiger charge is -2.10. The molecule has 0 radical (unpaired) electrons. The van der Waals surface area contributed by atoms with E-state index < -0.39 is 6.09 Å². The second-order valence-electron chi connectivity index (χ2n) is 6.26. The van der Waals surface area contributed by atoms with E-state index in [-0.39, 0.29) is 0 Å². The van der Waals surface area contributed by atoms with E-state index >= 15 is 0 Å². The number of pyridine rings is 2. The van der Waals surface area contributed by atoms with Crippen molar-refractivity contribution < 1.29 is 9.53 Å². The van der Waals surface area contributed by atoms with Gasteiger partial charge in [-0.05, 0) is 18.6 Å². The highest BCUT2D eigenvalue weighted by molar-refractivity contribution is 6.33. The zero-order valence-corrected chi connectivity index (χ0v) is 16.4. The van der Waals surface area contributed by atoms with Gasteiger partial charge in [-0.2, -0.15) is 0 Å². The first-order valence-corrected chi connectivity index (χ1v) is 9.08. The number of amides is 1. The summed E-state index contributed by atoms with van der Waals surface area (Å²) in [4.78, 5) is 27.4. The summed E-state index contributed by atoms with van der Waals surface area (Å²) >= 11 is 6.40. The number of aryl methyl sites for hydroxylation is 1. The van der Waals surface area contributed by atoms with E-state index in [1.807, 2.05) is 30.0 Å². The number of hydrogen-bond acceptors (Lipinski definition) is 5. The van der Waals surface area contributed by atoms with E-state index in [1.54, 1.807) is 37.1 Å². The summed E-state index contributed by atoms with van der Waals surface area (Å²) in [6, 6.07) is 3.63. The molecule has 0 saturated carbocycles. The number of aromatic amines is 1. The first-order valence-electron chi connectivity index (χ1n) is 8.70. The Hall–Kier alpha value is -3.65. The number of rotatable bonds is 4. The lowest BCUT2D eigenvalue weighted by molar-refractivity contribution is 0.187. The molecule has 29 heavy (non-hydrogen) atoms. The number of aromatic nitrogens is 5. The topological polar surface area (TPSA) is 97.7 Å². The average Bonchev–Trinajstić information content (AvgIpc) is 3.39. The molecule has 0 bridgehead atoms. The molecule has 0 atom stereocenters. The smallest absolute Gasteiger partial charge is 0.412 e. The second-order valence-corrected chi connectivity index (χ2v) is 6.67. The molecular weight excluding hydrogens is 392 g/mol. The van der Waals surface area contributed by atoms with Crippen LogP contribution in [0.25, 0.3) is 28.2 Å². The van der Waals surface area contributed by atoms with Crippen LogP contribution >= 0.6 is 11.6 Å². The summed E-state index contributed by atoms with van der Waals surface area (Å²) in [7, 11) is 1.30. The van der Waals surface area contributed by atoms with Crippen LogP contribution in [0.2, 0.25) is 5.02 Å². The maximum Gasteiger partial charge on any atom is 0.412 e. The fourth-order valence-electron chi connectivity index (χ4n) is 3.02. The molecule has 0 aliphatic heterocycles. The Morgan fingerprint density at radius 1 is 1.17 bits per heavy atom. The van der Waals surface area contributed by atoms with Crippen LogP contribution in [-0.2, 0) is 4.74 Å². The lowest BCUT2D eigenvalue weighted by atomic mass is 10.1. The first kappa shape index (κ1) is 18.7. The Kier molecular flexibility index (Phi) is 5.01. The van der Waals surface area contributed by atoms with Crippen LogP contribution in [0.3, 0.4) is 0 Å². The quantitative estimate of drug-likeness (QED) is 0.519. The molecule has 4 aromatic heterocycles. The molecule has 4 heterocycles. The van der Waals surface area contributed by atoms with Gasteiger partial charge in [0.1, 0.15) is 11.6 Å². The van der Waals surface area contributed by atoms with Crippen molar-refractivity contribution in [2.75, 3.05) is 12.4 Å². The van der Waals surface area contributed by atoms with Gasteiger partial charge < -0.3 is 14.3 Å². The van der Waals surface area contributed by atoms with Crippen LogP contribution in [-0.4, -0.2) is 37.7 Å². The number of H-pyrrole nitrogens is 1. The third-order valence-corrected chi connectivity index (χ3v) is 4.71. The van der Waals surface area contributed by atoms with Crippen molar-refractivity contribution in [1.29, 1.82) is 0 Å². The molecule has 4 aromatic rings. The lowest BCUT2D eigenvalue weighted by Crippen LogP contribution is -2.12. The zero-order chi connectivity index (χ0) is 20.4. The molecular formula is C20H17ClN6O2. The van der Waals surface area contributed by atoms with Gasteiger partial charge in [0.2, 0.25) is 0 Å². The SMILES string of the molecule is COC(=O)Nc1cc(-n2cc(-c3ncc[nH]3)c(-c3ccncc3Cl)c2)c(C)cn1. The van der Waals surface area contributed by atoms with Gasteiger partial charge >= 0.3 is 6.09 Å². The standard InChI is InChI=1S/C20H17ClN6O2/c1-12-8-25-18(26-20(28)29-2)7-17(12)27-10-14(13-3-4-22-9-16(13)21)15(11-27)19-23-5-6-24-19/h3-11H,1-2H3,(H,23,24)(H,25,26,28).